The van der Waals surface area contributed by atoms with Gasteiger partial charge in [0.1, 0.15) is 5.58 Å². The zero-order valence-corrected chi connectivity index (χ0v) is 13.6. The highest BCUT2D eigenvalue weighted by Gasteiger charge is 2.31. The van der Waals surface area contributed by atoms with E-state index in [1.165, 1.54) is 0 Å². The standard InChI is InChI=1S/C19H19N3O2/c1-13-4-5-15-14(12-24-18(15)9-13)10-19(23)22-8-2-3-17(22)16-11-20-6-7-21-16/h4-7,9,11-12,17H,2-3,8,10H2,1H3/t17-/m0/s1. The van der Waals surface area contributed by atoms with Gasteiger partial charge in [0.25, 0.3) is 0 Å². The predicted molar refractivity (Wildman–Crippen MR) is 90.4 cm³/mol. The van der Waals surface area contributed by atoms with Crippen LogP contribution in [0.5, 0.6) is 0 Å². The second-order valence-corrected chi connectivity index (χ2v) is 6.31. The van der Waals surface area contributed by atoms with Crippen molar-refractivity contribution in [2.24, 2.45) is 0 Å². The molecule has 0 unspecified atom stereocenters. The number of aromatic nitrogens is 2. The number of carbonyl (C=O) groups excluding carboxylic acids is 1. The molecule has 1 saturated heterocycles. The van der Waals surface area contributed by atoms with E-state index in [2.05, 4.69) is 9.97 Å². The maximum atomic E-state index is 12.8. The fourth-order valence-corrected chi connectivity index (χ4v) is 3.45. The van der Waals surface area contributed by atoms with Crippen LogP contribution in [0, 0.1) is 6.92 Å². The minimum atomic E-state index is 0.0339. The second-order valence-electron chi connectivity index (χ2n) is 6.31. The van der Waals surface area contributed by atoms with Gasteiger partial charge in [0, 0.05) is 29.9 Å². The van der Waals surface area contributed by atoms with Crippen molar-refractivity contribution in [3.05, 3.63) is 59.9 Å². The molecule has 3 aromatic rings. The Bertz CT molecular complexity index is 873. The van der Waals surface area contributed by atoms with Crippen molar-refractivity contribution in [1.82, 2.24) is 14.9 Å². The SMILES string of the molecule is Cc1ccc2c(CC(=O)N3CCC[C@H]3c3cnccn3)coc2c1. The van der Waals surface area contributed by atoms with Gasteiger partial charge in [-0.25, -0.2) is 0 Å². The maximum Gasteiger partial charge on any atom is 0.227 e. The first kappa shape index (κ1) is 14.9. The fourth-order valence-electron chi connectivity index (χ4n) is 3.45. The molecule has 0 radical (unpaired) electrons. The smallest absolute Gasteiger partial charge is 0.227 e. The summed E-state index contributed by atoms with van der Waals surface area (Å²) in [7, 11) is 0. The monoisotopic (exact) mass is 321 g/mol. The summed E-state index contributed by atoms with van der Waals surface area (Å²) in [6.45, 7) is 2.80. The number of benzene rings is 1. The third-order valence-electron chi connectivity index (χ3n) is 4.65. The van der Waals surface area contributed by atoms with Gasteiger partial charge in [-0.1, -0.05) is 12.1 Å². The lowest BCUT2D eigenvalue weighted by molar-refractivity contribution is -0.131. The number of nitrogens with zero attached hydrogens (tertiary/aromatic N) is 3. The third-order valence-corrected chi connectivity index (χ3v) is 4.65. The van der Waals surface area contributed by atoms with Crippen molar-refractivity contribution in [2.75, 3.05) is 6.54 Å². The molecule has 122 valence electrons. The number of hydrogen-bond donors (Lipinski definition) is 0. The van der Waals surface area contributed by atoms with Crippen LogP contribution in [0.15, 0.2) is 47.5 Å². The van der Waals surface area contributed by atoms with Gasteiger partial charge >= 0.3 is 0 Å². The molecule has 1 amide bonds. The van der Waals surface area contributed by atoms with Gasteiger partial charge in [0.2, 0.25) is 5.91 Å². The summed E-state index contributed by atoms with van der Waals surface area (Å²) < 4.78 is 5.61. The molecule has 1 aromatic carbocycles. The summed E-state index contributed by atoms with van der Waals surface area (Å²) >= 11 is 0. The first-order valence-electron chi connectivity index (χ1n) is 8.24. The number of furan rings is 1. The quantitative estimate of drug-likeness (QED) is 0.741. The molecule has 5 heteroatoms. The van der Waals surface area contributed by atoms with Crippen LogP contribution in [0.3, 0.4) is 0 Å². The normalized spacial score (nSPS) is 17.5. The Labute approximate surface area is 140 Å². The lowest BCUT2D eigenvalue weighted by Gasteiger charge is -2.24. The molecule has 24 heavy (non-hydrogen) atoms. The number of fused-ring (bicyclic) bond motifs is 1. The van der Waals surface area contributed by atoms with Gasteiger partial charge in [0.05, 0.1) is 30.6 Å². The van der Waals surface area contributed by atoms with Crippen LogP contribution in [0.4, 0.5) is 0 Å². The van der Waals surface area contributed by atoms with Crippen molar-refractivity contribution in [2.45, 2.75) is 32.2 Å². The van der Waals surface area contributed by atoms with Crippen LogP contribution in [-0.4, -0.2) is 27.3 Å². The summed E-state index contributed by atoms with van der Waals surface area (Å²) in [6, 6.07) is 6.11. The average molecular weight is 321 g/mol. The molecule has 2 aromatic heterocycles. The molecule has 0 aliphatic carbocycles. The van der Waals surface area contributed by atoms with Crippen LogP contribution in [0.25, 0.3) is 11.0 Å². The molecule has 0 saturated carbocycles. The van der Waals surface area contributed by atoms with Crippen molar-refractivity contribution in [3.63, 3.8) is 0 Å². The van der Waals surface area contributed by atoms with E-state index in [1.54, 1.807) is 24.9 Å². The van der Waals surface area contributed by atoms with E-state index < -0.39 is 0 Å². The van der Waals surface area contributed by atoms with Crippen molar-refractivity contribution >= 4 is 16.9 Å². The van der Waals surface area contributed by atoms with Crippen LogP contribution >= 0.6 is 0 Å². The Hall–Kier alpha value is -2.69. The minimum Gasteiger partial charge on any atom is -0.464 e. The molecule has 0 spiro atoms. The highest BCUT2D eigenvalue weighted by Crippen LogP contribution is 2.31. The zero-order chi connectivity index (χ0) is 16.5. The molecule has 1 fully saturated rings. The van der Waals surface area contributed by atoms with E-state index in [4.69, 9.17) is 4.42 Å². The van der Waals surface area contributed by atoms with Crippen LogP contribution in [0.1, 0.15) is 35.7 Å². The molecule has 4 rings (SSSR count). The lowest BCUT2D eigenvalue weighted by Crippen LogP contribution is -2.32. The van der Waals surface area contributed by atoms with Gasteiger partial charge in [-0.05, 0) is 31.4 Å². The van der Waals surface area contributed by atoms with Gasteiger partial charge in [-0.2, -0.15) is 0 Å². The number of rotatable bonds is 3. The summed E-state index contributed by atoms with van der Waals surface area (Å²) in [5.41, 5.74) is 3.80. The Kier molecular flexibility index (Phi) is 3.76. The molecule has 0 bridgehead atoms. The summed E-state index contributed by atoms with van der Waals surface area (Å²) in [4.78, 5) is 23.3. The Morgan fingerprint density at radius 2 is 2.29 bits per heavy atom. The number of amides is 1. The molecule has 0 N–H and O–H groups in total. The molecule has 1 aliphatic rings. The van der Waals surface area contributed by atoms with Gasteiger partial charge in [-0.3, -0.25) is 14.8 Å². The van der Waals surface area contributed by atoms with Crippen LogP contribution in [-0.2, 0) is 11.2 Å². The molecular formula is C19H19N3O2. The zero-order valence-electron chi connectivity index (χ0n) is 13.6. The summed E-state index contributed by atoms with van der Waals surface area (Å²) in [5.74, 6) is 0.117. The van der Waals surface area contributed by atoms with Crippen molar-refractivity contribution < 1.29 is 9.21 Å². The van der Waals surface area contributed by atoms with E-state index in [9.17, 15) is 4.79 Å². The van der Waals surface area contributed by atoms with E-state index in [0.717, 1.165) is 47.2 Å². The Morgan fingerprint density at radius 3 is 3.12 bits per heavy atom. The number of hydrogen-bond acceptors (Lipinski definition) is 4. The first-order chi connectivity index (χ1) is 11.7. The highest BCUT2D eigenvalue weighted by atomic mass is 16.3. The third kappa shape index (κ3) is 2.66. The second kappa shape index (κ2) is 6.07. The van der Waals surface area contributed by atoms with E-state index in [0.29, 0.717) is 6.42 Å². The Morgan fingerprint density at radius 1 is 1.38 bits per heavy atom. The maximum absolute atomic E-state index is 12.8. The molecule has 1 aliphatic heterocycles. The number of likely N-dealkylation sites (tertiary alicyclic amines) is 1. The van der Waals surface area contributed by atoms with Gasteiger partial charge in [-0.15, -0.1) is 0 Å². The van der Waals surface area contributed by atoms with E-state index >= 15 is 0 Å². The number of carbonyl (C=O) groups is 1. The van der Waals surface area contributed by atoms with E-state index in [-0.39, 0.29) is 11.9 Å². The van der Waals surface area contributed by atoms with Crippen LogP contribution in [0.2, 0.25) is 0 Å². The first-order valence-corrected chi connectivity index (χ1v) is 8.24. The molecule has 3 heterocycles. The predicted octanol–water partition coefficient (Wildman–Crippen LogP) is 3.44. The lowest BCUT2D eigenvalue weighted by atomic mass is 10.1. The topological polar surface area (TPSA) is 59.2 Å². The fraction of sp³-hybridized carbons (Fsp3) is 0.316. The molecule has 5 nitrogen and oxygen atoms in total. The van der Waals surface area contributed by atoms with E-state index in [1.807, 2.05) is 30.0 Å². The largest absolute Gasteiger partial charge is 0.464 e. The van der Waals surface area contributed by atoms with Crippen LogP contribution < -0.4 is 0 Å². The highest BCUT2D eigenvalue weighted by molar-refractivity contribution is 5.88. The number of aryl methyl sites for hydroxylation is 1. The molecule has 1 atom stereocenters. The van der Waals surface area contributed by atoms with Crippen molar-refractivity contribution in [1.29, 1.82) is 0 Å². The van der Waals surface area contributed by atoms with Crippen molar-refractivity contribution in [3.8, 4) is 0 Å². The summed E-state index contributed by atoms with van der Waals surface area (Å²) in [5, 5.41) is 1.02. The van der Waals surface area contributed by atoms with Gasteiger partial charge in [0.15, 0.2) is 0 Å². The average Bonchev–Trinajstić information content (AvgIpc) is 3.23. The Balaban J connectivity index is 1.57. The minimum absolute atomic E-state index is 0.0339. The van der Waals surface area contributed by atoms with Gasteiger partial charge < -0.3 is 9.32 Å². The molecular weight excluding hydrogens is 302 g/mol. The summed E-state index contributed by atoms with van der Waals surface area (Å²) in [6.07, 6.45) is 9.09.